The van der Waals surface area contributed by atoms with Crippen molar-refractivity contribution in [3.8, 4) is 6.07 Å². The number of hydrogen-bond donors (Lipinski definition) is 1. The summed E-state index contributed by atoms with van der Waals surface area (Å²) >= 11 is 6.40. The van der Waals surface area contributed by atoms with Crippen LogP contribution >= 0.6 is 11.6 Å². The van der Waals surface area contributed by atoms with Crippen molar-refractivity contribution >= 4 is 33.9 Å². The standard InChI is InChI=1S/C29H31ClN4O2/c30-25-5-6-26(29-28(25)23(18-31)19-32-29)34-13-9-22(10-14-34)21-1-3-24(4-2-21)33-11-7-20(8-12-33)17-27-35-15-16-36-27/h1-6,15-16,19-20,22,27,32H,7-14,17H2. The van der Waals surface area contributed by atoms with E-state index < -0.39 is 0 Å². The molecule has 7 heteroatoms. The molecule has 4 heterocycles. The monoisotopic (exact) mass is 502 g/mol. The molecule has 2 fully saturated rings. The van der Waals surface area contributed by atoms with E-state index in [1.807, 2.05) is 6.07 Å². The summed E-state index contributed by atoms with van der Waals surface area (Å²) in [5, 5.41) is 10.9. The molecule has 2 aromatic carbocycles. The first kappa shape index (κ1) is 23.1. The molecule has 186 valence electrons. The van der Waals surface area contributed by atoms with Crippen molar-refractivity contribution in [1.29, 1.82) is 5.26 Å². The lowest BCUT2D eigenvalue weighted by atomic mass is 9.88. The minimum atomic E-state index is -0.0872. The maximum Gasteiger partial charge on any atom is 0.239 e. The van der Waals surface area contributed by atoms with Crippen LogP contribution in [0.1, 0.15) is 49.1 Å². The van der Waals surface area contributed by atoms with Gasteiger partial charge < -0.3 is 24.3 Å². The molecule has 0 atom stereocenters. The Balaban J connectivity index is 1.05. The number of rotatable bonds is 5. The number of ether oxygens (including phenoxy) is 2. The molecule has 3 aliphatic rings. The molecule has 1 aromatic heterocycles. The summed E-state index contributed by atoms with van der Waals surface area (Å²) in [6.45, 7) is 4.15. The van der Waals surface area contributed by atoms with Gasteiger partial charge in [-0.25, -0.2) is 0 Å². The molecule has 0 aliphatic carbocycles. The first-order chi connectivity index (χ1) is 17.7. The van der Waals surface area contributed by atoms with Crippen LogP contribution < -0.4 is 9.80 Å². The Hall–Kier alpha value is -3.30. The SMILES string of the molecule is N#Cc1c[nH]c2c(N3CCC(c4ccc(N5CCC(CC6OC=CO6)CC5)cc4)CC3)ccc(Cl)c12. The molecule has 2 saturated heterocycles. The second kappa shape index (κ2) is 9.99. The lowest BCUT2D eigenvalue weighted by Crippen LogP contribution is -2.35. The maximum atomic E-state index is 9.42. The molecule has 0 unspecified atom stereocenters. The van der Waals surface area contributed by atoms with E-state index in [9.17, 15) is 5.26 Å². The normalized spacial score (nSPS) is 19.4. The van der Waals surface area contributed by atoms with Crippen LogP contribution in [-0.2, 0) is 9.47 Å². The van der Waals surface area contributed by atoms with Gasteiger partial charge in [-0.1, -0.05) is 23.7 Å². The Kier molecular flexibility index (Phi) is 6.41. The first-order valence-corrected chi connectivity index (χ1v) is 13.3. The van der Waals surface area contributed by atoms with Gasteiger partial charge in [0.05, 0.1) is 21.8 Å². The highest BCUT2D eigenvalue weighted by Crippen LogP contribution is 2.37. The van der Waals surface area contributed by atoms with Crippen LogP contribution in [0.4, 0.5) is 11.4 Å². The van der Waals surface area contributed by atoms with Crippen LogP contribution in [0.5, 0.6) is 0 Å². The lowest BCUT2D eigenvalue weighted by molar-refractivity contribution is -0.0411. The van der Waals surface area contributed by atoms with Gasteiger partial charge in [-0.15, -0.1) is 0 Å². The Morgan fingerprint density at radius 3 is 2.31 bits per heavy atom. The Morgan fingerprint density at radius 2 is 1.61 bits per heavy atom. The van der Waals surface area contributed by atoms with Crippen molar-refractivity contribution in [2.45, 2.75) is 44.3 Å². The number of nitriles is 1. The van der Waals surface area contributed by atoms with Crippen molar-refractivity contribution in [2.24, 2.45) is 5.92 Å². The third-order valence-corrected chi connectivity index (χ3v) is 8.42. The van der Waals surface area contributed by atoms with Crippen molar-refractivity contribution in [1.82, 2.24) is 4.98 Å². The van der Waals surface area contributed by atoms with Gasteiger partial charge in [0.2, 0.25) is 6.29 Å². The van der Waals surface area contributed by atoms with Gasteiger partial charge in [0.15, 0.2) is 0 Å². The Labute approximate surface area is 217 Å². The van der Waals surface area contributed by atoms with Gasteiger partial charge in [-0.3, -0.25) is 0 Å². The fourth-order valence-electron chi connectivity index (χ4n) is 6.04. The molecule has 0 radical (unpaired) electrons. The van der Waals surface area contributed by atoms with Crippen LogP contribution in [0.25, 0.3) is 10.9 Å². The Bertz CT molecular complexity index is 1270. The highest BCUT2D eigenvalue weighted by Gasteiger charge is 2.26. The number of hydrogen-bond acceptors (Lipinski definition) is 5. The van der Waals surface area contributed by atoms with E-state index in [1.54, 1.807) is 18.7 Å². The van der Waals surface area contributed by atoms with Crippen LogP contribution in [0.15, 0.2) is 55.1 Å². The fraction of sp³-hybridized carbons (Fsp3) is 0.414. The highest BCUT2D eigenvalue weighted by atomic mass is 35.5. The van der Waals surface area contributed by atoms with Crippen LogP contribution in [0, 0.1) is 17.2 Å². The zero-order valence-electron chi connectivity index (χ0n) is 20.3. The molecule has 0 bridgehead atoms. The number of nitrogens with one attached hydrogen (secondary N) is 1. The molecule has 6 rings (SSSR count). The van der Waals surface area contributed by atoms with Crippen molar-refractivity contribution in [2.75, 3.05) is 36.0 Å². The smallest absolute Gasteiger partial charge is 0.239 e. The largest absolute Gasteiger partial charge is 0.459 e. The topological polar surface area (TPSA) is 64.5 Å². The first-order valence-electron chi connectivity index (χ1n) is 12.9. The molecular formula is C29H31ClN4O2. The molecule has 0 saturated carbocycles. The summed E-state index contributed by atoms with van der Waals surface area (Å²) in [6, 6.07) is 15.5. The van der Waals surface area contributed by atoms with Gasteiger partial charge in [0, 0.05) is 49.9 Å². The van der Waals surface area contributed by atoms with Gasteiger partial charge >= 0.3 is 0 Å². The molecule has 0 spiro atoms. The van der Waals surface area contributed by atoms with E-state index >= 15 is 0 Å². The molecular weight excluding hydrogens is 472 g/mol. The zero-order chi connectivity index (χ0) is 24.5. The molecule has 3 aromatic rings. The molecule has 6 nitrogen and oxygen atoms in total. The number of H-pyrrole nitrogens is 1. The van der Waals surface area contributed by atoms with Gasteiger partial charge in [-0.05, 0) is 67.3 Å². The van der Waals surface area contributed by atoms with E-state index in [0.717, 1.165) is 62.0 Å². The number of piperidine rings is 2. The fourth-order valence-corrected chi connectivity index (χ4v) is 6.30. The summed E-state index contributed by atoms with van der Waals surface area (Å²) in [5.41, 5.74) is 5.46. The summed E-state index contributed by atoms with van der Waals surface area (Å²) in [5.74, 6) is 1.23. The lowest BCUT2D eigenvalue weighted by Gasteiger charge is -2.35. The highest BCUT2D eigenvalue weighted by molar-refractivity contribution is 6.36. The number of nitrogens with zero attached hydrogens (tertiary/aromatic N) is 3. The van der Waals surface area contributed by atoms with Crippen molar-refractivity contribution in [3.63, 3.8) is 0 Å². The second-order valence-corrected chi connectivity index (χ2v) is 10.5. The van der Waals surface area contributed by atoms with Crippen LogP contribution in [-0.4, -0.2) is 37.5 Å². The maximum absolute atomic E-state index is 9.42. The average molecular weight is 503 g/mol. The summed E-state index contributed by atoms with van der Waals surface area (Å²) in [7, 11) is 0. The van der Waals surface area contributed by atoms with E-state index in [-0.39, 0.29) is 6.29 Å². The number of aromatic nitrogens is 1. The van der Waals surface area contributed by atoms with Crippen LogP contribution in [0.2, 0.25) is 5.02 Å². The summed E-state index contributed by atoms with van der Waals surface area (Å²) in [4.78, 5) is 8.21. The van der Waals surface area contributed by atoms with Gasteiger partial charge in [0.25, 0.3) is 0 Å². The summed E-state index contributed by atoms with van der Waals surface area (Å²) < 4.78 is 10.9. The summed E-state index contributed by atoms with van der Waals surface area (Å²) in [6.07, 6.45) is 10.5. The molecule has 3 aliphatic heterocycles. The van der Waals surface area contributed by atoms with E-state index in [0.29, 0.717) is 22.4 Å². The minimum Gasteiger partial charge on any atom is -0.459 e. The van der Waals surface area contributed by atoms with Gasteiger partial charge in [0.1, 0.15) is 18.6 Å². The van der Waals surface area contributed by atoms with Gasteiger partial charge in [-0.2, -0.15) is 5.26 Å². The minimum absolute atomic E-state index is 0.0872. The predicted octanol–water partition coefficient (Wildman–Crippen LogP) is 6.53. The molecule has 36 heavy (non-hydrogen) atoms. The molecule has 0 amide bonds. The average Bonchev–Trinajstić information content (AvgIpc) is 3.60. The third-order valence-electron chi connectivity index (χ3n) is 8.10. The van der Waals surface area contributed by atoms with Crippen molar-refractivity contribution in [3.05, 3.63) is 71.3 Å². The number of benzene rings is 2. The number of anilines is 2. The van der Waals surface area contributed by atoms with E-state index in [1.165, 1.54) is 24.1 Å². The number of halogens is 1. The van der Waals surface area contributed by atoms with Crippen LogP contribution in [0.3, 0.4) is 0 Å². The number of fused-ring (bicyclic) bond motifs is 1. The predicted molar refractivity (Wildman–Crippen MR) is 143 cm³/mol. The van der Waals surface area contributed by atoms with Crippen molar-refractivity contribution < 1.29 is 9.47 Å². The third kappa shape index (κ3) is 4.49. The van der Waals surface area contributed by atoms with E-state index in [2.05, 4.69) is 51.2 Å². The van der Waals surface area contributed by atoms with E-state index in [4.69, 9.17) is 21.1 Å². The quantitative estimate of drug-likeness (QED) is 0.430. The second-order valence-electron chi connectivity index (χ2n) is 10.1. The molecule has 1 N–H and O–H groups in total. The number of aromatic amines is 1. The Morgan fingerprint density at radius 1 is 0.917 bits per heavy atom. The zero-order valence-corrected chi connectivity index (χ0v) is 21.1.